The number of likely N-dealkylation sites (N-methyl/N-ethyl adjacent to an activating group) is 1. The normalized spacial score (nSPS) is 25.6. The average molecular weight is 263 g/mol. The van der Waals surface area contributed by atoms with E-state index in [1.54, 1.807) is 6.07 Å². The molecule has 2 atom stereocenters. The highest BCUT2D eigenvalue weighted by Crippen LogP contribution is 2.19. The van der Waals surface area contributed by atoms with Crippen molar-refractivity contribution in [2.45, 2.75) is 25.9 Å². The molecule has 0 radical (unpaired) electrons. The van der Waals surface area contributed by atoms with Gasteiger partial charge in [0, 0.05) is 25.2 Å². The third kappa shape index (κ3) is 2.78. The van der Waals surface area contributed by atoms with Gasteiger partial charge in [-0.2, -0.15) is 0 Å². The number of aromatic nitrogens is 1. The Balaban J connectivity index is 2.23. The number of piperazine rings is 1. The van der Waals surface area contributed by atoms with Crippen LogP contribution in [0.2, 0.25) is 0 Å². The molecule has 2 rings (SSSR count). The summed E-state index contributed by atoms with van der Waals surface area (Å²) in [4.78, 5) is 9.06. The number of anilines is 1. The summed E-state index contributed by atoms with van der Waals surface area (Å²) in [6.45, 7) is 6.26. The first-order valence-electron chi connectivity index (χ1n) is 6.44. The average Bonchev–Trinajstić information content (AvgIpc) is 2.43. The van der Waals surface area contributed by atoms with E-state index in [4.69, 9.17) is 10.9 Å². The van der Waals surface area contributed by atoms with Crippen LogP contribution >= 0.6 is 0 Å². The van der Waals surface area contributed by atoms with Crippen LogP contribution in [0.1, 0.15) is 19.5 Å². The zero-order valence-electron chi connectivity index (χ0n) is 11.6. The molecular formula is C13H21N5O. The lowest BCUT2D eigenvalue weighted by atomic mass is 10.1. The van der Waals surface area contributed by atoms with E-state index in [-0.39, 0.29) is 5.84 Å². The van der Waals surface area contributed by atoms with E-state index in [0.29, 0.717) is 17.8 Å². The minimum atomic E-state index is 0.0390. The van der Waals surface area contributed by atoms with Gasteiger partial charge in [-0.15, -0.1) is 0 Å². The zero-order chi connectivity index (χ0) is 14.0. The third-order valence-electron chi connectivity index (χ3n) is 3.79. The van der Waals surface area contributed by atoms with Crippen LogP contribution in [0.5, 0.6) is 0 Å². The molecular weight excluding hydrogens is 242 g/mol. The topological polar surface area (TPSA) is 78.0 Å². The fraction of sp³-hybridized carbons (Fsp3) is 0.538. The first kappa shape index (κ1) is 13.6. The van der Waals surface area contributed by atoms with Crippen molar-refractivity contribution in [2.75, 3.05) is 25.0 Å². The van der Waals surface area contributed by atoms with Crippen molar-refractivity contribution in [3.05, 3.63) is 23.9 Å². The molecule has 1 aromatic heterocycles. The molecule has 104 valence electrons. The first-order valence-corrected chi connectivity index (χ1v) is 6.44. The van der Waals surface area contributed by atoms with Gasteiger partial charge in [-0.25, -0.2) is 4.98 Å². The number of oxime groups is 1. The molecule has 0 amide bonds. The number of nitrogens with two attached hydrogens (primary N) is 1. The highest BCUT2D eigenvalue weighted by atomic mass is 16.4. The van der Waals surface area contributed by atoms with Crippen LogP contribution < -0.4 is 10.6 Å². The second-order valence-corrected chi connectivity index (χ2v) is 5.13. The summed E-state index contributed by atoms with van der Waals surface area (Å²) in [5, 5.41) is 11.7. The van der Waals surface area contributed by atoms with Crippen LogP contribution in [0.25, 0.3) is 0 Å². The van der Waals surface area contributed by atoms with E-state index in [0.717, 1.165) is 18.9 Å². The molecule has 1 saturated heterocycles. The summed E-state index contributed by atoms with van der Waals surface area (Å²) in [6.07, 6.45) is 0. The number of hydrogen-bond donors (Lipinski definition) is 2. The number of amidine groups is 1. The molecule has 1 aromatic rings. The molecule has 3 N–H and O–H groups in total. The minimum Gasteiger partial charge on any atom is -0.409 e. The second-order valence-electron chi connectivity index (χ2n) is 5.13. The van der Waals surface area contributed by atoms with Crippen LogP contribution in [-0.2, 0) is 0 Å². The Hall–Kier alpha value is -1.82. The van der Waals surface area contributed by atoms with Gasteiger partial charge in [0.25, 0.3) is 0 Å². The van der Waals surface area contributed by atoms with E-state index in [9.17, 15) is 0 Å². The Labute approximate surface area is 113 Å². The van der Waals surface area contributed by atoms with E-state index >= 15 is 0 Å². The number of rotatable bonds is 2. The predicted octanol–water partition coefficient (Wildman–Crippen LogP) is 0.705. The van der Waals surface area contributed by atoms with Gasteiger partial charge in [-0.1, -0.05) is 11.2 Å². The molecule has 0 aliphatic carbocycles. The fourth-order valence-corrected chi connectivity index (χ4v) is 2.38. The van der Waals surface area contributed by atoms with Crippen molar-refractivity contribution >= 4 is 11.7 Å². The third-order valence-corrected chi connectivity index (χ3v) is 3.79. The maximum atomic E-state index is 8.71. The van der Waals surface area contributed by atoms with Gasteiger partial charge in [-0.3, -0.25) is 4.90 Å². The molecule has 1 aliphatic rings. The second kappa shape index (κ2) is 5.44. The van der Waals surface area contributed by atoms with Gasteiger partial charge in [0.15, 0.2) is 5.84 Å². The van der Waals surface area contributed by atoms with Crippen LogP contribution in [0.4, 0.5) is 5.82 Å². The highest BCUT2D eigenvalue weighted by Gasteiger charge is 2.27. The smallest absolute Gasteiger partial charge is 0.188 e. The zero-order valence-corrected chi connectivity index (χ0v) is 11.6. The molecule has 6 heteroatoms. The van der Waals surface area contributed by atoms with Crippen molar-refractivity contribution in [1.82, 2.24) is 9.88 Å². The maximum Gasteiger partial charge on any atom is 0.188 e. The van der Waals surface area contributed by atoms with Crippen molar-refractivity contribution in [3.63, 3.8) is 0 Å². The van der Waals surface area contributed by atoms with Crippen LogP contribution in [0.15, 0.2) is 23.4 Å². The molecule has 2 heterocycles. The Kier molecular flexibility index (Phi) is 3.90. The Bertz CT molecular complexity index is 464. The Morgan fingerprint density at radius 3 is 2.58 bits per heavy atom. The van der Waals surface area contributed by atoms with E-state index in [1.165, 1.54) is 0 Å². The summed E-state index contributed by atoms with van der Waals surface area (Å²) >= 11 is 0. The molecule has 6 nitrogen and oxygen atoms in total. The molecule has 2 unspecified atom stereocenters. The maximum absolute atomic E-state index is 8.71. The lowest BCUT2D eigenvalue weighted by molar-refractivity contribution is 0.169. The molecule has 0 spiro atoms. The summed E-state index contributed by atoms with van der Waals surface area (Å²) in [7, 11) is 2.15. The van der Waals surface area contributed by atoms with E-state index in [2.05, 4.69) is 40.8 Å². The predicted molar refractivity (Wildman–Crippen MR) is 75.6 cm³/mol. The van der Waals surface area contributed by atoms with Crippen molar-refractivity contribution < 1.29 is 5.21 Å². The number of pyridine rings is 1. The van der Waals surface area contributed by atoms with Gasteiger partial charge < -0.3 is 15.8 Å². The van der Waals surface area contributed by atoms with Crippen LogP contribution in [0.3, 0.4) is 0 Å². The molecule has 0 saturated carbocycles. The standard InChI is InChI=1S/C13H21N5O/c1-9-7-18(8-10(2)17(9)3)12-6-4-5-11(15-12)13(14)16-19/h4-6,9-10,19H,7-8H2,1-3H3,(H2,14,16). The lowest BCUT2D eigenvalue weighted by Gasteiger charge is -2.43. The fourth-order valence-electron chi connectivity index (χ4n) is 2.38. The Morgan fingerprint density at radius 1 is 1.37 bits per heavy atom. The SMILES string of the molecule is CC1CN(c2cccc(/C(N)=N/O)n2)CC(C)N1C. The van der Waals surface area contributed by atoms with Crippen LogP contribution in [-0.4, -0.2) is 53.1 Å². The van der Waals surface area contributed by atoms with Crippen LogP contribution in [0, 0.1) is 0 Å². The summed E-state index contributed by atoms with van der Waals surface area (Å²) in [5.41, 5.74) is 6.08. The van der Waals surface area contributed by atoms with Crippen molar-refractivity contribution in [1.29, 1.82) is 0 Å². The number of nitrogens with zero attached hydrogens (tertiary/aromatic N) is 4. The van der Waals surface area contributed by atoms with E-state index in [1.807, 2.05) is 12.1 Å². The first-order chi connectivity index (χ1) is 9.02. The van der Waals surface area contributed by atoms with Crippen molar-refractivity contribution in [3.8, 4) is 0 Å². The van der Waals surface area contributed by atoms with Gasteiger partial charge in [0.2, 0.25) is 0 Å². The summed E-state index contributed by atoms with van der Waals surface area (Å²) in [5.74, 6) is 0.910. The summed E-state index contributed by atoms with van der Waals surface area (Å²) < 4.78 is 0. The molecule has 1 fully saturated rings. The molecule has 19 heavy (non-hydrogen) atoms. The quantitative estimate of drug-likeness (QED) is 0.355. The largest absolute Gasteiger partial charge is 0.409 e. The minimum absolute atomic E-state index is 0.0390. The van der Waals surface area contributed by atoms with Crippen molar-refractivity contribution in [2.24, 2.45) is 10.9 Å². The highest BCUT2D eigenvalue weighted by molar-refractivity contribution is 5.95. The van der Waals surface area contributed by atoms with E-state index < -0.39 is 0 Å². The molecule has 0 bridgehead atoms. The van der Waals surface area contributed by atoms with Gasteiger partial charge in [0.05, 0.1) is 0 Å². The molecule has 1 aliphatic heterocycles. The Morgan fingerprint density at radius 2 is 2.00 bits per heavy atom. The monoisotopic (exact) mass is 263 g/mol. The molecule has 0 aromatic carbocycles. The van der Waals surface area contributed by atoms with Gasteiger partial charge in [-0.05, 0) is 33.0 Å². The van der Waals surface area contributed by atoms with Gasteiger partial charge >= 0.3 is 0 Å². The van der Waals surface area contributed by atoms with Gasteiger partial charge in [0.1, 0.15) is 11.5 Å². The summed E-state index contributed by atoms with van der Waals surface area (Å²) in [6, 6.07) is 6.51. The lowest BCUT2D eigenvalue weighted by Crippen LogP contribution is -2.55. The number of hydrogen-bond acceptors (Lipinski definition) is 5.